The third-order valence-electron chi connectivity index (χ3n) is 5.94. The van der Waals surface area contributed by atoms with E-state index in [0.717, 1.165) is 16.7 Å². The quantitative estimate of drug-likeness (QED) is 0.343. The Bertz CT molecular complexity index is 1580. The predicted molar refractivity (Wildman–Crippen MR) is 146 cm³/mol. The fourth-order valence-electron chi connectivity index (χ4n) is 4.02. The average molecular weight is 512 g/mol. The molecule has 0 bridgehead atoms. The van der Waals surface area contributed by atoms with Crippen LogP contribution in [-0.2, 0) is 14.8 Å². The highest BCUT2D eigenvalue weighted by Gasteiger charge is 2.22. The molecule has 2 N–H and O–H groups in total. The van der Waals surface area contributed by atoms with Gasteiger partial charge in [-0.15, -0.1) is 0 Å². The number of nitrogens with zero attached hydrogens (tertiary/aromatic N) is 1. The number of rotatable bonds is 7. The van der Waals surface area contributed by atoms with Crippen molar-refractivity contribution in [1.82, 2.24) is 0 Å². The van der Waals surface area contributed by atoms with Crippen LogP contribution in [0.5, 0.6) is 0 Å². The van der Waals surface area contributed by atoms with Gasteiger partial charge in [-0.2, -0.15) is 0 Å². The van der Waals surface area contributed by atoms with Gasteiger partial charge in [-0.3, -0.25) is 9.52 Å². The highest BCUT2D eigenvalue weighted by atomic mass is 32.2. The van der Waals surface area contributed by atoms with Crippen LogP contribution in [0.1, 0.15) is 21.5 Å². The first-order valence-corrected chi connectivity index (χ1v) is 13.3. The van der Waals surface area contributed by atoms with Crippen molar-refractivity contribution in [3.05, 3.63) is 114 Å². The van der Waals surface area contributed by atoms with Gasteiger partial charge in [0.05, 0.1) is 33.9 Å². The number of ether oxygens (including phenoxy) is 1. The number of hydrogen-bond donors (Lipinski definition) is 2. The lowest BCUT2D eigenvalue weighted by atomic mass is 10.0. The Morgan fingerprint density at radius 2 is 1.57 bits per heavy atom. The van der Waals surface area contributed by atoms with E-state index in [-0.39, 0.29) is 16.1 Å². The summed E-state index contributed by atoms with van der Waals surface area (Å²) in [6, 6.07) is 28.4. The topological polar surface area (TPSA) is 96.9 Å². The summed E-state index contributed by atoms with van der Waals surface area (Å²) in [6.07, 6.45) is 0. The molecule has 4 aromatic rings. The van der Waals surface area contributed by atoms with Crippen molar-refractivity contribution >= 4 is 33.2 Å². The van der Waals surface area contributed by atoms with Crippen LogP contribution in [0.3, 0.4) is 0 Å². The molecule has 4 aromatic carbocycles. The maximum atomic E-state index is 13.5. The number of aliphatic imine (C=N–C) groups is 1. The van der Waals surface area contributed by atoms with Gasteiger partial charge in [-0.05, 0) is 54.4 Å². The summed E-state index contributed by atoms with van der Waals surface area (Å²) in [5.41, 5.74) is 4.15. The van der Waals surface area contributed by atoms with Gasteiger partial charge in [0.2, 0.25) is 5.90 Å². The molecule has 8 heteroatoms. The second-order valence-corrected chi connectivity index (χ2v) is 10.3. The van der Waals surface area contributed by atoms with Gasteiger partial charge in [-0.1, -0.05) is 66.2 Å². The maximum Gasteiger partial charge on any atom is 0.261 e. The molecular formula is C29H25N3O4S. The van der Waals surface area contributed by atoms with Crippen molar-refractivity contribution in [3.63, 3.8) is 0 Å². The van der Waals surface area contributed by atoms with Crippen molar-refractivity contribution in [2.45, 2.75) is 11.8 Å². The van der Waals surface area contributed by atoms with E-state index < -0.39 is 15.9 Å². The van der Waals surface area contributed by atoms with Crippen molar-refractivity contribution in [2.24, 2.45) is 4.99 Å². The number of hydrogen-bond acceptors (Lipinski definition) is 5. The Morgan fingerprint density at radius 3 is 2.30 bits per heavy atom. The SMILES string of the molecule is Cc1ccc(S(=O)(=O)Nc2cc(-c3ccccc3)ccc2C(=O)Nc2ccccc2C2=NCCO2)cc1. The molecular weight excluding hydrogens is 486 g/mol. The van der Waals surface area contributed by atoms with Crippen LogP contribution in [0, 0.1) is 6.92 Å². The van der Waals surface area contributed by atoms with Crippen molar-refractivity contribution in [3.8, 4) is 11.1 Å². The van der Waals surface area contributed by atoms with Crippen LogP contribution in [0.25, 0.3) is 11.1 Å². The molecule has 0 saturated heterocycles. The highest BCUT2D eigenvalue weighted by Crippen LogP contribution is 2.29. The summed E-state index contributed by atoms with van der Waals surface area (Å²) in [4.78, 5) is 17.9. The van der Waals surface area contributed by atoms with E-state index in [1.165, 1.54) is 12.1 Å². The van der Waals surface area contributed by atoms with E-state index in [1.54, 1.807) is 42.5 Å². The number of carbonyl (C=O) groups excluding carboxylic acids is 1. The van der Waals surface area contributed by atoms with Crippen LogP contribution in [0.2, 0.25) is 0 Å². The van der Waals surface area contributed by atoms with E-state index in [0.29, 0.717) is 30.3 Å². The summed E-state index contributed by atoms with van der Waals surface area (Å²) in [7, 11) is -3.95. The van der Waals surface area contributed by atoms with Gasteiger partial charge < -0.3 is 10.1 Å². The molecule has 0 aliphatic carbocycles. The predicted octanol–water partition coefficient (Wildman–Crippen LogP) is 5.49. The zero-order valence-corrected chi connectivity index (χ0v) is 21.0. The molecule has 0 fully saturated rings. The molecule has 5 rings (SSSR count). The van der Waals surface area contributed by atoms with Gasteiger partial charge in [0.25, 0.3) is 15.9 Å². The molecule has 7 nitrogen and oxygen atoms in total. The number of nitrogens with one attached hydrogen (secondary N) is 2. The van der Waals surface area contributed by atoms with Gasteiger partial charge in [0.1, 0.15) is 6.61 Å². The standard InChI is InChI=1S/C29H25N3O4S/c1-20-11-14-23(15-12-20)37(34,35)32-27-19-22(21-7-3-2-4-8-21)13-16-24(27)28(33)31-26-10-6-5-9-25(26)29-30-17-18-36-29/h2-16,19,32H,17-18H2,1H3,(H,31,33). The lowest BCUT2D eigenvalue weighted by molar-refractivity contribution is 0.102. The molecule has 0 atom stereocenters. The number of amides is 1. The minimum absolute atomic E-state index is 0.108. The Morgan fingerprint density at radius 1 is 0.838 bits per heavy atom. The number of aryl methyl sites for hydroxylation is 1. The van der Waals surface area contributed by atoms with Crippen LogP contribution >= 0.6 is 0 Å². The zero-order chi connectivity index (χ0) is 25.8. The third-order valence-corrected chi connectivity index (χ3v) is 7.32. The fraction of sp³-hybridized carbons (Fsp3) is 0.103. The van der Waals surface area contributed by atoms with E-state index >= 15 is 0 Å². The normalized spacial score (nSPS) is 12.9. The van der Waals surface area contributed by atoms with Gasteiger partial charge in [-0.25, -0.2) is 13.4 Å². The Hall–Kier alpha value is -4.43. The van der Waals surface area contributed by atoms with E-state index in [2.05, 4.69) is 15.0 Å². The first-order chi connectivity index (χ1) is 17.9. The monoisotopic (exact) mass is 511 g/mol. The Labute approximate surface area is 215 Å². The van der Waals surface area contributed by atoms with Gasteiger partial charge in [0.15, 0.2) is 0 Å². The van der Waals surface area contributed by atoms with E-state index in [1.807, 2.05) is 49.4 Å². The smallest absolute Gasteiger partial charge is 0.261 e. The number of para-hydroxylation sites is 1. The third kappa shape index (κ3) is 5.39. The number of sulfonamides is 1. The maximum absolute atomic E-state index is 13.5. The van der Waals surface area contributed by atoms with E-state index in [4.69, 9.17) is 4.74 Å². The minimum atomic E-state index is -3.95. The van der Waals surface area contributed by atoms with Crippen LogP contribution < -0.4 is 10.0 Å². The van der Waals surface area contributed by atoms with Crippen LogP contribution in [0.15, 0.2) is 107 Å². The summed E-state index contributed by atoms with van der Waals surface area (Å²) >= 11 is 0. The van der Waals surface area contributed by atoms with Crippen molar-refractivity contribution in [1.29, 1.82) is 0 Å². The second kappa shape index (κ2) is 10.3. The fourth-order valence-corrected chi connectivity index (χ4v) is 5.09. The lowest BCUT2D eigenvalue weighted by Crippen LogP contribution is -2.20. The molecule has 0 aromatic heterocycles. The van der Waals surface area contributed by atoms with Crippen LogP contribution in [-0.4, -0.2) is 33.4 Å². The van der Waals surface area contributed by atoms with Gasteiger partial charge >= 0.3 is 0 Å². The number of carbonyl (C=O) groups is 1. The van der Waals surface area contributed by atoms with Crippen molar-refractivity contribution < 1.29 is 17.9 Å². The molecule has 0 unspecified atom stereocenters. The second-order valence-electron chi connectivity index (χ2n) is 8.58. The summed E-state index contributed by atoms with van der Waals surface area (Å²) in [6.45, 7) is 2.93. The molecule has 186 valence electrons. The lowest BCUT2D eigenvalue weighted by Gasteiger charge is -2.16. The molecule has 37 heavy (non-hydrogen) atoms. The minimum Gasteiger partial charge on any atom is -0.475 e. The molecule has 1 aliphatic rings. The first kappa shape index (κ1) is 24.3. The van der Waals surface area contributed by atoms with Crippen molar-refractivity contribution in [2.75, 3.05) is 23.2 Å². The highest BCUT2D eigenvalue weighted by molar-refractivity contribution is 7.92. The largest absolute Gasteiger partial charge is 0.475 e. The Kier molecular flexibility index (Phi) is 6.74. The average Bonchev–Trinajstić information content (AvgIpc) is 3.44. The molecule has 0 radical (unpaired) electrons. The van der Waals surface area contributed by atoms with E-state index in [9.17, 15) is 13.2 Å². The number of anilines is 2. The molecule has 0 saturated carbocycles. The summed E-state index contributed by atoms with van der Waals surface area (Å²) in [5, 5.41) is 2.90. The van der Waals surface area contributed by atoms with Crippen LogP contribution in [0.4, 0.5) is 11.4 Å². The Balaban J connectivity index is 1.53. The summed E-state index contributed by atoms with van der Waals surface area (Å²) in [5.74, 6) is 0.00267. The molecule has 0 spiro atoms. The zero-order valence-electron chi connectivity index (χ0n) is 20.1. The summed E-state index contributed by atoms with van der Waals surface area (Å²) < 4.78 is 34.7. The van der Waals surface area contributed by atoms with Gasteiger partial charge in [0, 0.05) is 0 Å². The molecule has 1 heterocycles. The molecule has 1 amide bonds. The first-order valence-electron chi connectivity index (χ1n) is 11.8. The number of benzene rings is 4. The molecule has 1 aliphatic heterocycles.